The Morgan fingerprint density at radius 1 is 1.08 bits per heavy atom. The van der Waals surface area contributed by atoms with Gasteiger partial charge < -0.3 is 4.90 Å². The van der Waals surface area contributed by atoms with Crippen LogP contribution in [0.3, 0.4) is 0 Å². The molecule has 0 radical (unpaired) electrons. The molecule has 2 heterocycles. The predicted molar refractivity (Wildman–Crippen MR) is 147 cm³/mol. The van der Waals surface area contributed by atoms with Gasteiger partial charge in [-0.25, -0.2) is 4.68 Å². The summed E-state index contributed by atoms with van der Waals surface area (Å²) >= 11 is 6.04. The van der Waals surface area contributed by atoms with Crippen LogP contribution in [0, 0.1) is 0 Å². The molecule has 4 rings (SSSR count). The molecule has 1 amide bonds. The van der Waals surface area contributed by atoms with Gasteiger partial charge in [-0.05, 0) is 70.3 Å². The van der Waals surface area contributed by atoms with E-state index in [9.17, 15) is 22.8 Å². The van der Waals surface area contributed by atoms with E-state index in [0.29, 0.717) is 36.3 Å². The van der Waals surface area contributed by atoms with E-state index in [4.69, 9.17) is 16.7 Å². The molecule has 0 spiro atoms. The fourth-order valence-electron chi connectivity index (χ4n) is 5.28. The van der Waals surface area contributed by atoms with Crippen molar-refractivity contribution in [2.45, 2.75) is 70.8 Å². The van der Waals surface area contributed by atoms with Crippen LogP contribution in [0.1, 0.15) is 51.3 Å². The summed E-state index contributed by atoms with van der Waals surface area (Å²) in [5.41, 5.74) is 0.719. The highest BCUT2D eigenvalue weighted by atomic mass is 35.5. The van der Waals surface area contributed by atoms with Gasteiger partial charge in [0.2, 0.25) is 0 Å². The smallest absolute Gasteiger partial charge is 0.330 e. The fourth-order valence-corrected chi connectivity index (χ4v) is 5.40. The zero-order chi connectivity index (χ0) is 28.4. The zero-order valence-electron chi connectivity index (χ0n) is 22.5. The Labute approximate surface area is 231 Å². The highest BCUT2D eigenvalue weighted by Crippen LogP contribution is 2.26. The van der Waals surface area contributed by atoms with Crippen molar-refractivity contribution in [3.8, 4) is 0 Å². The lowest BCUT2D eigenvalue weighted by Gasteiger charge is -2.36. The Kier molecular flexibility index (Phi) is 8.71. The molecule has 0 saturated carbocycles. The number of rotatable bonds is 8. The minimum atomic E-state index is -4.91. The number of alkyl halides is 3. The largest absolute Gasteiger partial charge is 0.471 e. The normalized spacial score (nSPS) is 16.6. The number of hydrogen-bond donors (Lipinski definition) is 0. The Balaban J connectivity index is 1.51. The molecule has 10 heteroatoms. The Morgan fingerprint density at radius 3 is 2.38 bits per heavy atom. The molecule has 1 saturated heterocycles. The molecule has 39 heavy (non-hydrogen) atoms. The maximum atomic E-state index is 13.4. The molecular weight excluding hydrogens is 529 g/mol. The predicted octanol–water partition coefficient (Wildman–Crippen LogP) is 5.68. The second-order valence-electron chi connectivity index (χ2n) is 11.1. The van der Waals surface area contributed by atoms with Gasteiger partial charge in [0.15, 0.2) is 0 Å². The van der Waals surface area contributed by atoms with Gasteiger partial charge in [0, 0.05) is 41.5 Å². The number of carbonyl (C=O) groups is 1. The summed E-state index contributed by atoms with van der Waals surface area (Å²) in [5.74, 6) is -1.81. The van der Waals surface area contributed by atoms with Crippen molar-refractivity contribution in [3.63, 3.8) is 0 Å². The Bertz CT molecular complexity index is 1370. The van der Waals surface area contributed by atoms with Crippen LogP contribution in [-0.2, 0) is 17.8 Å². The summed E-state index contributed by atoms with van der Waals surface area (Å²) in [7, 11) is 0. The first-order valence-electron chi connectivity index (χ1n) is 13.2. The number of fused-ring (bicyclic) bond motifs is 1. The van der Waals surface area contributed by atoms with Gasteiger partial charge in [-0.1, -0.05) is 41.9 Å². The molecule has 0 aliphatic carbocycles. The average Bonchev–Trinajstić information content (AvgIpc) is 3.31. The summed E-state index contributed by atoms with van der Waals surface area (Å²) in [6.45, 7) is 6.53. The fraction of sp³-hybridized carbons (Fsp3) is 0.483. The summed E-state index contributed by atoms with van der Waals surface area (Å²) in [5, 5.41) is 6.84. The van der Waals surface area contributed by atoms with Crippen molar-refractivity contribution in [1.29, 1.82) is 0 Å². The molecule has 6 nitrogen and oxygen atoms in total. The first-order chi connectivity index (χ1) is 18.3. The van der Waals surface area contributed by atoms with E-state index in [1.165, 1.54) is 4.68 Å². The third-order valence-corrected chi connectivity index (χ3v) is 7.49. The first-order valence-corrected chi connectivity index (χ1v) is 13.6. The maximum Gasteiger partial charge on any atom is 0.471 e. The number of amides is 1. The SMILES string of the molecule is CC(C)(C)N(CCCN1CCC[C@@H]1Cn1nc(Cc2ccc(Cl)cc2)c2ccccc2c1=O)C(=O)C(F)(F)F. The van der Waals surface area contributed by atoms with Gasteiger partial charge >= 0.3 is 12.1 Å². The molecule has 1 aliphatic rings. The summed E-state index contributed by atoms with van der Waals surface area (Å²) in [4.78, 5) is 28.5. The van der Waals surface area contributed by atoms with Crippen molar-refractivity contribution < 1.29 is 18.0 Å². The number of benzene rings is 2. The molecule has 0 N–H and O–H groups in total. The second-order valence-corrected chi connectivity index (χ2v) is 11.5. The van der Waals surface area contributed by atoms with Crippen LogP contribution in [0.25, 0.3) is 10.8 Å². The van der Waals surface area contributed by atoms with Crippen LogP contribution < -0.4 is 5.56 Å². The molecular formula is C29H34ClF3N4O2. The van der Waals surface area contributed by atoms with Crippen LogP contribution in [-0.4, -0.2) is 62.9 Å². The number of halogens is 4. The zero-order valence-corrected chi connectivity index (χ0v) is 23.2. The third-order valence-electron chi connectivity index (χ3n) is 7.24. The van der Waals surface area contributed by atoms with Crippen LogP contribution in [0.2, 0.25) is 5.02 Å². The molecule has 1 atom stereocenters. The van der Waals surface area contributed by atoms with E-state index in [2.05, 4.69) is 4.90 Å². The number of nitrogens with zero attached hydrogens (tertiary/aromatic N) is 4. The van der Waals surface area contributed by atoms with Gasteiger partial charge in [0.25, 0.3) is 5.56 Å². The van der Waals surface area contributed by atoms with Gasteiger partial charge in [-0.2, -0.15) is 18.3 Å². The lowest BCUT2D eigenvalue weighted by atomic mass is 10.0. The van der Waals surface area contributed by atoms with E-state index in [1.807, 2.05) is 48.5 Å². The summed E-state index contributed by atoms with van der Waals surface area (Å²) < 4.78 is 41.0. The van der Waals surface area contributed by atoms with E-state index in [-0.39, 0.29) is 18.1 Å². The van der Waals surface area contributed by atoms with Crippen molar-refractivity contribution in [2.75, 3.05) is 19.6 Å². The van der Waals surface area contributed by atoms with E-state index in [1.54, 1.807) is 20.8 Å². The standard InChI is InChI=1S/C29H34ClF3N4O2/c1-28(2,3)36(27(39)29(31,32)33)17-7-16-35-15-6-8-22(35)19-37-26(38)24-10-5-4-9-23(24)25(34-37)18-20-11-13-21(30)14-12-20/h4-5,9-14,22H,6-8,15-19H2,1-3H3/t22-/m1/s1. The van der Waals surface area contributed by atoms with Crippen LogP contribution >= 0.6 is 11.6 Å². The highest BCUT2D eigenvalue weighted by Gasteiger charge is 2.45. The minimum absolute atomic E-state index is 0.00444. The molecule has 1 fully saturated rings. The lowest BCUT2D eigenvalue weighted by molar-refractivity contribution is -0.190. The second kappa shape index (κ2) is 11.7. The van der Waals surface area contributed by atoms with E-state index >= 15 is 0 Å². The molecule has 210 valence electrons. The van der Waals surface area contributed by atoms with Gasteiger partial charge in [-0.3, -0.25) is 14.5 Å². The molecule has 1 aliphatic heterocycles. The topological polar surface area (TPSA) is 58.4 Å². The number of hydrogen-bond acceptors (Lipinski definition) is 4. The Hall–Kier alpha value is -2.91. The van der Waals surface area contributed by atoms with Crippen LogP contribution in [0.4, 0.5) is 13.2 Å². The summed E-state index contributed by atoms with van der Waals surface area (Å²) in [6, 6.07) is 15.0. The van der Waals surface area contributed by atoms with Gasteiger partial charge in [-0.15, -0.1) is 0 Å². The quantitative estimate of drug-likeness (QED) is 0.354. The molecule has 1 aromatic heterocycles. The minimum Gasteiger partial charge on any atom is -0.330 e. The van der Waals surface area contributed by atoms with Crippen molar-refractivity contribution in [3.05, 3.63) is 75.2 Å². The van der Waals surface area contributed by atoms with Crippen LogP contribution in [0.15, 0.2) is 53.3 Å². The number of aromatic nitrogens is 2. The van der Waals surface area contributed by atoms with E-state index < -0.39 is 17.6 Å². The van der Waals surface area contributed by atoms with E-state index in [0.717, 1.165) is 40.9 Å². The maximum absolute atomic E-state index is 13.4. The number of carbonyl (C=O) groups excluding carboxylic acids is 1. The van der Waals surface area contributed by atoms with Crippen molar-refractivity contribution in [1.82, 2.24) is 19.6 Å². The average molecular weight is 563 g/mol. The molecule has 0 unspecified atom stereocenters. The first kappa shape index (κ1) is 29.1. The molecule has 3 aromatic rings. The molecule has 2 aromatic carbocycles. The Morgan fingerprint density at radius 2 is 1.74 bits per heavy atom. The molecule has 0 bridgehead atoms. The van der Waals surface area contributed by atoms with Gasteiger partial charge in [0.05, 0.1) is 17.6 Å². The van der Waals surface area contributed by atoms with Gasteiger partial charge in [0.1, 0.15) is 0 Å². The monoisotopic (exact) mass is 562 g/mol. The van der Waals surface area contributed by atoms with Crippen LogP contribution in [0.5, 0.6) is 0 Å². The van der Waals surface area contributed by atoms with Crippen molar-refractivity contribution >= 4 is 28.3 Å². The van der Waals surface area contributed by atoms with Crippen molar-refractivity contribution in [2.24, 2.45) is 0 Å². The highest BCUT2D eigenvalue weighted by molar-refractivity contribution is 6.30. The number of likely N-dealkylation sites (tertiary alicyclic amines) is 1. The third kappa shape index (κ3) is 7.00. The summed E-state index contributed by atoms with van der Waals surface area (Å²) in [6.07, 6.45) is -2.18. The lowest BCUT2D eigenvalue weighted by Crippen LogP contribution is -2.52.